The lowest BCUT2D eigenvalue weighted by Crippen LogP contribution is -2.18. The van der Waals surface area contributed by atoms with Crippen molar-refractivity contribution in [1.29, 1.82) is 0 Å². The molecule has 0 fully saturated rings. The van der Waals surface area contributed by atoms with Gasteiger partial charge in [0.25, 0.3) is 0 Å². The molecule has 2 aromatic carbocycles. The summed E-state index contributed by atoms with van der Waals surface area (Å²) >= 11 is 0. The summed E-state index contributed by atoms with van der Waals surface area (Å²) in [6.45, 7) is 0. The lowest BCUT2D eigenvalue weighted by molar-refractivity contribution is -0.274. The van der Waals surface area contributed by atoms with Gasteiger partial charge in [0.1, 0.15) is 5.75 Å². The minimum absolute atomic E-state index is 0.0443. The molecule has 0 saturated heterocycles. The second-order valence-electron chi connectivity index (χ2n) is 5.17. The van der Waals surface area contributed by atoms with E-state index in [2.05, 4.69) is 15.0 Å². The number of aliphatic imine (C=N–C) groups is 1. The van der Waals surface area contributed by atoms with Crippen LogP contribution in [0.3, 0.4) is 0 Å². The molecule has 1 N–H and O–H groups in total. The van der Waals surface area contributed by atoms with Gasteiger partial charge in [-0.15, -0.1) is 13.2 Å². The highest BCUT2D eigenvalue weighted by molar-refractivity contribution is 6.05. The van der Waals surface area contributed by atoms with Crippen LogP contribution in [0.4, 0.5) is 36.8 Å². The normalized spacial score (nSPS) is 12.5. The highest BCUT2D eigenvalue weighted by Gasteiger charge is 2.35. The number of hydrogen-bond acceptors (Lipinski definition) is 3. The number of benzene rings is 2. The van der Waals surface area contributed by atoms with E-state index in [-0.39, 0.29) is 5.69 Å². The third-order valence-corrected chi connectivity index (χ3v) is 3.20. The van der Waals surface area contributed by atoms with Crippen molar-refractivity contribution in [3.8, 4) is 5.75 Å². The SMILES string of the molecule is COC(=NC(=O)Nc1ccc(OC(F)(F)F)cc1)c1ccccc1C(F)(F)F. The molecule has 0 radical (unpaired) electrons. The summed E-state index contributed by atoms with van der Waals surface area (Å²) in [5.74, 6) is -1.09. The molecule has 2 aromatic rings. The molecule has 2 rings (SSSR count). The fourth-order valence-electron chi connectivity index (χ4n) is 2.12. The van der Waals surface area contributed by atoms with Crippen molar-refractivity contribution in [2.24, 2.45) is 4.99 Å². The summed E-state index contributed by atoms with van der Waals surface area (Å²) in [7, 11) is 1.04. The van der Waals surface area contributed by atoms with Crippen molar-refractivity contribution in [2.75, 3.05) is 12.4 Å². The van der Waals surface area contributed by atoms with Gasteiger partial charge in [-0.05, 0) is 36.4 Å². The number of ether oxygens (including phenoxy) is 2. The zero-order chi connectivity index (χ0) is 20.9. The fourth-order valence-corrected chi connectivity index (χ4v) is 2.12. The van der Waals surface area contributed by atoms with Gasteiger partial charge < -0.3 is 14.8 Å². The van der Waals surface area contributed by atoms with Crippen LogP contribution in [0.2, 0.25) is 0 Å². The van der Waals surface area contributed by atoms with Gasteiger partial charge in [-0.25, -0.2) is 4.79 Å². The third-order valence-electron chi connectivity index (χ3n) is 3.20. The molecule has 0 heterocycles. The largest absolute Gasteiger partial charge is 0.573 e. The van der Waals surface area contributed by atoms with Gasteiger partial charge in [0.2, 0.25) is 5.90 Å². The number of rotatable bonds is 3. The molecule has 0 atom stereocenters. The molecule has 150 valence electrons. The Balaban J connectivity index is 2.19. The summed E-state index contributed by atoms with van der Waals surface area (Å²) in [5.41, 5.74) is -1.44. The summed E-state index contributed by atoms with van der Waals surface area (Å²) in [5, 5.41) is 2.20. The molecule has 0 unspecified atom stereocenters. The zero-order valence-electron chi connectivity index (χ0n) is 14.1. The van der Waals surface area contributed by atoms with Crippen LogP contribution in [0.25, 0.3) is 0 Å². The Bertz CT molecular complexity index is 860. The number of nitrogens with one attached hydrogen (secondary N) is 1. The highest BCUT2D eigenvalue weighted by Crippen LogP contribution is 2.32. The number of nitrogens with zero attached hydrogens (tertiary/aromatic N) is 1. The van der Waals surface area contributed by atoms with Crippen molar-refractivity contribution in [2.45, 2.75) is 12.5 Å². The molecule has 5 nitrogen and oxygen atoms in total. The Labute approximate surface area is 154 Å². The van der Waals surface area contributed by atoms with Crippen LogP contribution in [0, 0.1) is 0 Å². The molecule has 0 aromatic heterocycles. The number of halogens is 6. The first-order valence-corrected chi connectivity index (χ1v) is 7.45. The van der Waals surface area contributed by atoms with Crippen molar-refractivity contribution in [1.82, 2.24) is 0 Å². The molecule has 0 aliphatic rings. The first-order chi connectivity index (χ1) is 13.0. The van der Waals surface area contributed by atoms with Gasteiger partial charge in [-0.3, -0.25) is 0 Å². The Morgan fingerprint density at radius 3 is 2.11 bits per heavy atom. The van der Waals surface area contributed by atoms with E-state index in [4.69, 9.17) is 4.74 Å². The fraction of sp³-hybridized carbons (Fsp3) is 0.176. The molecule has 0 aliphatic heterocycles. The van der Waals surface area contributed by atoms with E-state index < -0.39 is 41.3 Å². The first kappa shape index (κ1) is 21.1. The molecule has 2 amide bonds. The number of urea groups is 1. The zero-order valence-corrected chi connectivity index (χ0v) is 14.1. The monoisotopic (exact) mass is 406 g/mol. The van der Waals surface area contributed by atoms with Crippen molar-refractivity contribution in [3.63, 3.8) is 0 Å². The van der Waals surface area contributed by atoms with Crippen LogP contribution in [0.15, 0.2) is 53.5 Å². The molecule has 28 heavy (non-hydrogen) atoms. The predicted octanol–water partition coefficient (Wildman–Crippen LogP) is 5.23. The van der Waals surface area contributed by atoms with Gasteiger partial charge in [0.15, 0.2) is 0 Å². The van der Waals surface area contributed by atoms with E-state index >= 15 is 0 Å². The lowest BCUT2D eigenvalue weighted by Gasteiger charge is -2.13. The van der Waals surface area contributed by atoms with E-state index in [0.717, 1.165) is 43.5 Å². The van der Waals surface area contributed by atoms with Gasteiger partial charge in [0, 0.05) is 11.3 Å². The van der Waals surface area contributed by atoms with Crippen molar-refractivity contribution >= 4 is 17.6 Å². The maximum absolute atomic E-state index is 13.1. The maximum Gasteiger partial charge on any atom is 0.573 e. The smallest absolute Gasteiger partial charge is 0.480 e. The Morgan fingerprint density at radius 2 is 1.57 bits per heavy atom. The van der Waals surface area contributed by atoms with Crippen LogP contribution >= 0.6 is 0 Å². The highest BCUT2D eigenvalue weighted by atomic mass is 19.4. The average molecular weight is 406 g/mol. The molecule has 0 saturated carbocycles. The quantitative estimate of drug-likeness (QED) is 0.432. The Kier molecular flexibility index (Phi) is 6.16. The van der Waals surface area contributed by atoms with Gasteiger partial charge in [-0.1, -0.05) is 12.1 Å². The first-order valence-electron chi connectivity index (χ1n) is 7.45. The van der Waals surface area contributed by atoms with Crippen LogP contribution in [0.5, 0.6) is 5.75 Å². The molecular formula is C17H12F6N2O3. The van der Waals surface area contributed by atoms with Gasteiger partial charge in [-0.2, -0.15) is 18.2 Å². The Morgan fingerprint density at radius 1 is 0.964 bits per heavy atom. The number of alkyl halides is 6. The molecule has 0 bridgehead atoms. The number of hydrogen-bond donors (Lipinski definition) is 1. The Hall–Kier alpha value is -3.24. The number of methoxy groups -OCH3 is 1. The second kappa shape index (κ2) is 8.19. The van der Waals surface area contributed by atoms with Gasteiger partial charge >= 0.3 is 18.6 Å². The number of carbonyl (C=O) groups excluding carboxylic acids is 1. The van der Waals surface area contributed by atoms with E-state index in [1.807, 2.05) is 0 Å². The summed E-state index contributed by atoms with van der Waals surface area (Å²) in [6.07, 6.45) is -9.56. The second-order valence-corrected chi connectivity index (χ2v) is 5.17. The molecule has 11 heteroatoms. The van der Waals surface area contributed by atoms with Crippen LogP contribution < -0.4 is 10.1 Å². The van der Waals surface area contributed by atoms with E-state index in [1.165, 1.54) is 12.1 Å². The molecular weight excluding hydrogens is 394 g/mol. The standard InChI is InChI=1S/C17H12F6N2O3/c1-27-14(12-4-2-3-5-13(12)16(18,19)20)25-15(26)24-10-6-8-11(9-7-10)28-17(21,22)23/h2-9H,1H3,(H,24,26). The minimum atomic E-state index is -4.87. The van der Waals surface area contributed by atoms with Crippen molar-refractivity contribution in [3.05, 3.63) is 59.7 Å². The summed E-state index contributed by atoms with van der Waals surface area (Å²) in [6, 6.07) is 7.39. The van der Waals surface area contributed by atoms with Crippen LogP contribution in [0.1, 0.15) is 11.1 Å². The van der Waals surface area contributed by atoms with E-state index in [9.17, 15) is 31.1 Å². The molecule has 0 aliphatic carbocycles. The average Bonchev–Trinajstić information content (AvgIpc) is 2.59. The van der Waals surface area contributed by atoms with Gasteiger partial charge in [0.05, 0.1) is 12.7 Å². The van der Waals surface area contributed by atoms with Crippen molar-refractivity contribution < 1.29 is 40.6 Å². The summed E-state index contributed by atoms with van der Waals surface area (Å²) < 4.78 is 84.0. The number of amides is 2. The summed E-state index contributed by atoms with van der Waals surface area (Å²) in [4.78, 5) is 15.4. The third kappa shape index (κ3) is 5.89. The van der Waals surface area contributed by atoms with Crippen LogP contribution in [-0.2, 0) is 10.9 Å². The number of anilines is 1. The van der Waals surface area contributed by atoms with E-state index in [0.29, 0.717) is 0 Å². The number of carbonyl (C=O) groups is 1. The minimum Gasteiger partial charge on any atom is -0.480 e. The molecule has 0 spiro atoms. The predicted molar refractivity (Wildman–Crippen MR) is 87.1 cm³/mol. The lowest BCUT2D eigenvalue weighted by atomic mass is 10.1. The van der Waals surface area contributed by atoms with Crippen LogP contribution in [-0.4, -0.2) is 25.4 Å². The maximum atomic E-state index is 13.1. The van der Waals surface area contributed by atoms with E-state index in [1.54, 1.807) is 0 Å². The topological polar surface area (TPSA) is 59.9 Å².